The summed E-state index contributed by atoms with van der Waals surface area (Å²) in [6, 6.07) is 14.8. The Kier molecular flexibility index (Phi) is 4.54. The SMILES string of the molecule is C=C(Br)CNCc1ccc(-c2ccccc2)s1. The minimum absolute atomic E-state index is 0.804. The molecule has 1 N–H and O–H groups in total. The molecule has 3 heteroatoms. The highest BCUT2D eigenvalue weighted by Crippen LogP contribution is 2.27. The van der Waals surface area contributed by atoms with Crippen LogP contribution in [0.1, 0.15) is 4.88 Å². The zero-order valence-corrected chi connectivity index (χ0v) is 11.9. The summed E-state index contributed by atoms with van der Waals surface area (Å²) < 4.78 is 0.984. The van der Waals surface area contributed by atoms with E-state index >= 15 is 0 Å². The molecule has 88 valence electrons. The molecule has 1 nitrogen and oxygen atoms in total. The van der Waals surface area contributed by atoms with Crippen LogP contribution in [0.4, 0.5) is 0 Å². The first-order valence-electron chi connectivity index (χ1n) is 5.44. The van der Waals surface area contributed by atoms with Crippen molar-refractivity contribution in [3.05, 3.63) is 58.4 Å². The maximum absolute atomic E-state index is 3.80. The molecular weight excluding hydrogens is 294 g/mol. The monoisotopic (exact) mass is 307 g/mol. The smallest absolute Gasteiger partial charge is 0.0346 e. The number of halogens is 1. The predicted octanol–water partition coefficient (Wildman–Crippen LogP) is 4.41. The van der Waals surface area contributed by atoms with Crippen LogP contribution in [0.3, 0.4) is 0 Å². The van der Waals surface area contributed by atoms with E-state index in [9.17, 15) is 0 Å². The van der Waals surface area contributed by atoms with Crippen LogP contribution in [-0.2, 0) is 6.54 Å². The van der Waals surface area contributed by atoms with Crippen LogP contribution in [0.25, 0.3) is 10.4 Å². The number of nitrogens with one attached hydrogen (secondary N) is 1. The lowest BCUT2D eigenvalue weighted by Crippen LogP contribution is -2.13. The van der Waals surface area contributed by atoms with Gasteiger partial charge in [0.2, 0.25) is 0 Å². The number of hydrogen-bond acceptors (Lipinski definition) is 2. The predicted molar refractivity (Wildman–Crippen MR) is 79.5 cm³/mol. The first-order valence-corrected chi connectivity index (χ1v) is 7.05. The van der Waals surface area contributed by atoms with Crippen molar-refractivity contribution in [1.82, 2.24) is 5.32 Å². The van der Waals surface area contributed by atoms with Crippen molar-refractivity contribution in [2.75, 3.05) is 6.54 Å². The molecule has 1 aromatic heterocycles. The van der Waals surface area contributed by atoms with E-state index in [1.807, 2.05) is 17.4 Å². The summed E-state index contributed by atoms with van der Waals surface area (Å²) >= 11 is 5.17. The molecule has 2 rings (SSSR count). The quantitative estimate of drug-likeness (QED) is 0.862. The Labute approximate surface area is 114 Å². The molecule has 1 aromatic carbocycles. The van der Waals surface area contributed by atoms with Gasteiger partial charge in [0, 0.05) is 27.3 Å². The van der Waals surface area contributed by atoms with Crippen molar-refractivity contribution in [3.63, 3.8) is 0 Å². The van der Waals surface area contributed by atoms with Gasteiger partial charge in [-0.05, 0) is 17.7 Å². The number of benzene rings is 1. The number of thiophene rings is 1. The molecule has 17 heavy (non-hydrogen) atoms. The standard InChI is InChI=1S/C14H14BrNS/c1-11(15)9-16-10-13-7-8-14(17-13)12-5-3-2-4-6-12/h2-8,16H,1,9-10H2. The van der Waals surface area contributed by atoms with Gasteiger partial charge in [-0.1, -0.05) is 52.8 Å². The summed E-state index contributed by atoms with van der Waals surface area (Å²) in [6.45, 7) is 5.49. The lowest BCUT2D eigenvalue weighted by molar-refractivity contribution is 0.767. The van der Waals surface area contributed by atoms with E-state index in [4.69, 9.17) is 0 Å². The molecule has 0 saturated heterocycles. The zero-order valence-electron chi connectivity index (χ0n) is 9.45. The highest BCUT2D eigenvalue weighted by molar-refractivity contribution is 9.11. The van der Waals surface area contributed by atoms with Crippen molar-refractivity contribution < 1.29 is 0 Å². The van der Waals surface area contributed by atoms with Crippen molar-refractivity contribution >= 4 is 27.3 Å². The Hall–Kier alpha value is -0.900. The maximum Gasteiger partial charge on any atom is 0.0346 e. The second kappa shape index (κ2) is 6.15. The topological polar surface area (TPSA) is 12.0 Å². The van der Waals surface area contributed by atoms with Gasteiger partial charge in [0.25, 0.3) is 0 Å². The van der Waals surface area contributed by atoms with Crippen LogP contribution in [-0.4, -0.2) is 6.54 Å². The summed E-state index contributed by atoms with van der Waals surface area (Å²) in [4.78, 5) is 2.66. The van der Waals surface area contributed by atoms with Crippen molar-refractivity contribution in [2.24, 2.45) is 0 Å². The van der Waals surface area contributed by atoms with E-state index in [-0.39, 0.29) is 0 Å². The van der Waals surface area contributed by atoms with Gasteiger partial charge < -0.3 is 5.32 Å². The van der Waals surface area contributed by atoms with Gasteiger partial charge >= 0.3 is 0 Å². The van der Waals surface area contributed by atoms with Gasteiger partial charge in [-0.2, -0.15) is 0 Å². The van der Waals surface area contributed by atoms with E-state index in [1.165, 1.54) is 15.3 Å². The molecule has 0 radical (unpaired) electrons. The van der Waals surface area contributed by atoms with Crippen LogP contribution >= 0.6 is 27.3 Å². The molecule has 0 spiro atoms. The maximum atomic E-state index is 3.80. The average molecular weight is 308 g/mol. The molecule has 0 aliphatic carbocycles. The van der Waals surface area contributed by atoms with E-state index in [2.05, 4.69) is 64.2 Å². The number of hydrogen-bond donors (Lipinski definition) is 1. The molecule has 2 aromatic rings. The van der Waals surface area contributed by atoms with Crippen LogP contribution in [0.2, 0.25) is 0 Å². The van der Waals surface area contributed by atoms with E-state index < -0.39 is 0 Å². The van der Waals surface area contributed by atoms with Gasteiger partial charge in [0.15, 0.2) is 0 Å². The van der Waals surface area contributed by atoms with E-state index in [1.54, 1.807) is 0 Å². The fourth-order valence-corrected chi connectivity index (χ4v) is 2.73. The molecule has 1 heterocycles. The molecule has 0 bridgehead atoms. The largest absolute Gasteiger partial charge is 0.307 e. The lowest BCUT2D eigenvalue weighted by Gasteiger charge is -2.00. The van der Waals surface area contributed by atoms with Gasteiger partial charge in [-0.3, -0.25) is 0 Å². The Bertz CT molecular complexity index is 490. The van der Waals surface area contributed by atoms with Gasteiger partial charge in [-0.25, -0.2) is 0 Å². The van der Waals surface area contributed by atoms with E-state index in [0.717, 1.165) is 17.6 Å². The Morgan fingerprint density at radius 1 is 1.18 bits per heavy atom. The fraction of sp³-hybridized carbons (Fsp3) is 0.143. The molecule has 0 aliphatic heterocycles. The van der Waals surface area contributed by atoms with Gasteiger partial charge in [0.05, 0.1) is 0 Å². The van der Waals surface area contributed by atoms with Crippen LogP contribution in [0.5, 0.6) is 0 Å². The van der Waals surface area contributed by atoms with Gasteiger partial charge in [-0.15, -0.1) is 11.3 Å². The molecule has 0 atom stereocenters. The minimum Gasteiger partial charge on any atom is -0.307 e. The Morgan fingerprint density at radius 2 is 1.94 bits per heavy atom. The molecule has 0 fully saturated rings. The van der Waals surface area contributed by atoms with Crippen LogP contribution in [0, 0.1) is 0 Å². The fourth-order valence-electron chi connectivity index (χ4n) is 1.55. The summed E-state index contributed by atoms with van der Waals surface area (Å²) in [5, 5.41) is 3.33. The third kappa shape index (κ3) is 3.80. The number of rotatable bonds is 5. The molecule has 0 saturated carbocycles. The Balaban J connectivity index is 1.99. The first kappa shape index (κ1) is 12.6. The Morgan fingerprint density at radius 3 is 2.65 bits per heavy atom. The second-order valence-electron chi connectivity index (χ2n) is 3.75. The average Bonchev–Trinajstić information content (AvgIpc) is 2.78. The molecule has 0 aliphatic rings. The van der Waals surface area contributed by atoms with Crippen LogP contribution in [0.15, 0.2) is 53.5 Å². The van der Waals surface area contributed by atoms with Crippen molar-refractivity contribution in [1.29, 1.82) is 0 Å². The highest BCUT2D eigenvalue weighted by Gasteiger charge is 2.01. The zero-order chi connectivity index (χ0) is 12.1. The van der Waals surface area contributed by atoms with Crippen LogP contribution < -0.4 is 5.32 Å². The van der Waals surface area contributed by atoms with Crippen molar-refractivity contribution in [3.8, 4) is 10.4 Å². The second-order valence-corrected chi connectivity index (χ2v) is 6.04. The summed E-state index contributed by atoms with van der Waals surface area (Å²) in [5.74, 6) is 0. The minimum atomic E-state index is 0.804. The third-order valence-electron chi connectivity index (χ3n) is 2.34. The summed E-state index contributed by atoms with van der Waals surface area (Å²) in [6.07, 6.45) is 0. The van der Waals surface area contributed by atoms with Gasteiger partial charge in [0.1, 0.15) is 0 Å². The lowest BCUT2D eigenvalue weighted by atomic mass is 10.2. The highest BCUT2D eigenvalue weighted by atomic mass is 79.9. The molecule has 0 unspecified atom stereocenters. The first-order chi connectivity index (χ1) is 8.25. The normalized spacial score (nSPS) is 10.4. The van der Waals surface area contributed by atoms with E-state index in [0.29, 0.717) is 0 Å². The third-order valence-corrected chi connectivity index (χ3v) is 3.75. The summed E-state index contributed by atoms with van der Waals surface area (Å²) in [7, 11) is 0. The molecular formula is C14H14BrNS. The molecule has 0 amide bonds. The van der Waals surface area contributed by atoms with Crippen molar-refractivity contribution in [2.45, 2.75) is 6.54 Å². The summed E-state index contributed by atoms with van der Waals surface area (Å²) in [5.41, 5.74) is 1.29.